The van der Waals surface area contributed by atoms with Crippen molar-refractivity contribution in [1.82, 2.24) is 0 Å². The van der Waals surface area contributed by atoms with Crippen molar-refractivity contribution in [3.05, 3.63) is 28.2 Å². The Morgan fingerprint density at radius 1 is 1.47 bits per heavy atom. The molecule has 1 rings (SSSR count). The van der Waals surface area contributed by atoms with E-state index in [1.807, 2.05) is 0 Å². The van der Waals surface area contributed by atoms with Gasteiger partial charge in [0.2, 0.25) is 0 Å². The van der Waals surface area contributed by atoms with Gasteiger partial charge < -0.3 is 14.6 Å². The Hall–Kier alpha value is -1.07. The molecule has 4 nitrogen and oxygen atoms in total. The van der Waals surface area contributed by atoms with Crippen LogP contribution in [0.25, 0.3) is 0 Å². The average Bonchev–Trinajstić information content (AvgIpc) is 2.18. The minimum absolute atomic E-state index is 0.567. The molecule has 0 heterocycles. The molecule has 5 heteroatoms. The van der Waals surface area contributed by atoms with Gasteiger partial charge in [0.25, 0.3) is 0 Å². The van der Waals surface area contributed by atoms with Crippen molar-refractivity contribution < 1.29 is 19.4 Å². The van der Waals surface area contributed by atoms with E-state index in [-0.39, 0.29) is 0 Å². The number of benzene rings is 1. The fourth-order valence-electron chi connectivity index (χ4n) is 1.23. The summed E-state index contributed by atoms with van der Waals surface area (Å²) in [6.45, 7) is 0. The third-order valence-electron chi connectivity index (χ3n) is 1.94. The fraction of sp³-hybridized carbons (Fsp3) is 0.300. The molecule has 1 aromatic rings. The molecule has 0 amide bonds. The summed E-state index contributed by atoms with van der Waals surface area (Å²) >= 11 is 3.28. The first-order chi connectivity index (χ1) is 7.10. The first-order valence-corrected chi connectivity index (χ1v) is 4.98. The molecule has 1 aromatic carbocycles. The van der Waals surface area contributed by atoms with Crippen molar-refractivity contribution in [3.8, 4) is 5.75 Å². The maximum Gasteiger partial charge on any atom is 0.337 e. The minimum atomic E-state index is -1.02. The van der Waals surface area contributed by atoms with Gasteiger partial charge in [0, 0.05) is 7.11 Å². The van der Waals surface area contributed by atoms with Gasteiger partial charge in [0.15, 0.2) is 6.10 Å². The second kappa shape index (κ2) is 5.14. The van der Waals surface area contributed by atoms with E-state index in [2.05, 4.69) is 15.9 Å². The summed E-state index contributed by atoms with van der Waals surface area (Å²) in [4.78, 5) is 10.8. The van der Waals surface area contributed by atoms with Crippen LogP contribution in [0.5, 0.6) is 5.75 Å². The summed E-state index contributed by atoms with van der Waals surface area (Å²) in [5.41, 5.74) is 0.567. The summed E-state index contributed by atoms with van der Waals surface area (Å²) in [7, 11) is 2.90. The Labute approximate surface area is 95.9 Å². The lowest BCUT2D eigenvalue weighted by atomic mass is 10.1. The van der Waals surface area contributed by atoms with Gasteiger partial charge >= 0.3 is 5.97 Å². The monoisotopic (exact) mass is 274 g/mol. The smallest absolute Gasteiger partial charge is 0.337 e. The predicted molar refractivity (Wildman–Crippen MR) is 58.1 cm³/mol. The number of ether oxygens (including phenoxy) is 2. The Kier molecular flexibility index (Phi) is 4.11. The van der Waals surface area contributed by atoms with Crippen LogP contribution in [0, 0.1) is 0 Å². The molecule has 82 valence electrons. The molecule has 0 aliphatic rings. The number of carboxylic acids is 1. The van der Waals surface area contributed by atoms with Gasteiger partial charge in [-0.25, -0.2) is 4.79 Å². The van der Waals surface area contributed by atoms with E-state index in [4.69, 9.17) is 14.6 Å². The standard InChI is InChI=1S/C10H11BrO4/c1-14-8-4-3-6(5-7(8)11)9(15-2)10(12)13/h3-5,9H,1-2H3,(H,12,13). The highest BCUT2D eigenvalue weighted by atomic mass is 79.9. The Balaban J connectivity index is 3.05. The van der Waals surface area contributed by atoms with Gasteiger partial charge in [-0.3, -0.25) is 0 Å². The fourth-order valence-corrected chi connectivity index (χ4v) is 1.78. The van der Waals surface area contributed by atoms with E-state index in [0.29, 0.717) is 15.8 Å². The molecule has 0 bridgehead atoms. The quantitative estimate of drug-likeness (QED) is 0.915. The molecular formula is C10H11BrO4. The number of hydrogen-bond donors (Lipinski definition) is 1. The molecule has 0 aliphatic carbocycles. The van der Waals surface area contributed by atoms with Crippen molar-refractivity contribution in [2.75, 3.05) is 14.2 Å². The largest absolute Gasteiger partial charge is 0.496 e. The van der Waals surface area contributed by atoms with Gasteiger partial charge in [-0.05, 0) is 33.6 Å². The van der Waals surface area contributed by atoms with Crippen LogP contribution in [0.1, 0.15) is 11.7 Å². The van der Waals surface area contributed by atoms with Gasteiger partial charge in [-0.2, -0.15) is 0 Å². The van der Waals surface area contributed by atoms with Crippen LogP contribution in [-0.2, 0) is 9.53 Å². The van der Waals surface area contributed by atoms with Crippen LogP contribution in [0.4, 0.5) is 0 Å². The zero-order valence-electron chi connectivity index (χ0n) is 8.36. The summed E-state index contributed by atoms with van der Waals surface area (Å²) < 4.78 is 10.6. The van der Waals surface area contributed by atoms with Crippen LogP contribution in [0.15, 0.2) is 22.7 Å². The number of rotatable bonds is 4. The zero-order chi connectivity index (χ0) is 11.4. The summed E-state index contributed by atoms with van der Waals surface area (Å²) in [5, 5.41) is 8.87. The lowest BCUT2D eigenvalue weighted by molar-refractivity contribution is -0.148. The van der Waals surface area contributed by atoms with Crippen LogP contribution >= 0.6 is 15.9 Å². The van der Waals surface area contributed by atoms with E-state index in [1.165, 1.54) is 7.11 Å². The van der Waals surface area contributed by atoms with Crippen LogP contribution in [0.3, 0.4) is 0 Å². The molecule has 1 N–H and O–H groups in total. The van der Waals surface area contributed by atoms with Gasteiger partial charge in [0.1, 0.15) is 5.75 Å². The highest BCUT2D eigenvalue weighted by Gasteiger charge is 2.19. The number of aliphatic carboxylic acids is 1. The molecule has 1 atom stereocenters. The number of carbonyl (C=O) groups is 1. The number of halogens is 1. The second-order valence-corrected chi connectivity index (χ2v) is 3.70. The second-order valence-electron chi connectivity index (χ2n) is 2.85. The van der Waals surface area contributed by atoms with Crippen molar-refractivity contribution in [2.24, 2.45) is 0 Å². The summed E-state index contributed by atoms with van der Waals surface area (Å²) in [6.07, 6.45) is -0.952. The van der Waals surface area contributed by atoms with Crippen LogP contribution in [0.2, 0.25) is 0 Å². The topological polar surface area (TPSA) is 55.8 Å². The van der Waals surface area contributed by atoms with E-state index in [1.54, 1.807) is 25.3 Å². The molecule has 0 saturated carbocycles. The molecule has 0 fully saturated rings. The molecule has 0 radical (unpaired) electrons. The molecule has 1 unspecified atom stereocenters. The maximum absolute atomic E-state index is 10.8. The maximum atomic E-state index is 10.8. The first-order valence-electron chi connectivity index (χ1n) is 4.19. The van der Waals surface area contributed by atoms with E-state index in [9.17, 15) is 4.79 Å². The van der Waals surface area contributed by atoms with Gasteiger partial charge in [-0.1, -0.05) is 6.07 Å². The predicted octanol–water partition coefficient (Wildman–Crippen LogP) is 2.23. The van der Waals surface area contributed by atoms with E-state index >= 15 is 0 Å². The van der Waals surface area contributed by atoms with Crippen LogP contribution < -0.4 is 4.74 Å². The minimum Gasteiger partial charge on any atom is -0.496 e. The SMILES string of the molecule is COc1ccc(C(OC)C(=O)O)cc1Br. The normalized spacial score (nSPS) is 12.2. The number of carboxylic acid groups (broad SMARTS) is 1. The molecule has 15 heavy (non-hydrogen) atoms. The summed E-state index contributed by atoms with van der Waals surface area (Å²) in [5.74, 6) is -0.367. The summed E-state index contributed by atoms with van der Waals surface area (Å²) in [6, 6.07) is 5.02. The first kappa shape index (κ1) is 12.0. The van der Waals surface area contributed by atoms with Crippen molar-refractivity contribution in [1.29, 1.82) is 0 Å². The van der Waals surface area contributed by atoms with Crippen molar-refractivity contribution in [2.45, 2.75) is 6.10 Å². The number of hydrogen-bond acceptors (Lipinski definition) is 3. The number of methoxy groups -OCH3 is 2. The molecule has 0 saturated heterocycles. The third-order valence-corrected chi connectivity index (χ3v) is 2.56. The van der Waals surface area contributed by atoms with Gasteiger partial charge in [0.05, 0.1) is 11.6 Å². The Bertz CT molecular complexity index is 364. The third kappa shape index (κ3) is 2.70. The van der Waals surface area contributed by atoms with E-state index in [0.717, 1.165) is 0 Å². The lowest BCUT2D eigenvalue weighted by Gasteiger charge is -2.12. The van der Waals surface area contributed by atoms with Crippen molar-refractivity contribution >= 4 is 21.9 Å². The Morgan fingerprint density at radius 2 is 2.13 bits per heavy atom. The van der Waals surface area contributed by atoms with Gasteiger partial charge in [-0.15, -0.1) is 0 Å². The highest BCUT2D eigenvalue weighted by Crippen LogP contribution is 2.29. The van der Waals surface area contributed by atoms with Crippen LogP contribution in [-0.4, -0.2) is 25.3 Å². The molecule has 0 aromatic heterocycles. The molecular weight excluding hydrogens is 264 g/mol. The zero-order valence-corrected chi connectivity index (χ0v) is 9.95. The average molecular weight is 275 g/mol. The van der Waals surface area contributed by atoms with Crippen molar-refractivity contribution in [3.63, 3.8) is 0 Å². The molecule has 0 aliphatic heterocycles. The lowest BCUT2D eigenvalue weighted by Crippen LogP contribution is -2.13. The van der Waals surface area contributed by atoms with E-state index < -0.39 is 12.1 Å². The molecule has 0 spiro atoms. The Morgan fingerprint density at radius 3 is 2.53 bits per heavy atom. The highest BCUT2D eigenvalue weighted by molar-refractivity contribution is 9.10.